The van der Waals surface area contributed by atoms with Gasteiger partial charge in [0.1, 0.15) is 5.75 Å². The zero-order chi connectivity index (χ0) is 20.8. The van der Waals surface area contributed by atoms with E-state index in [0.717, 1.165) is 22.4 Å². The van der Waals surface area contributed by atoms with Crippen molar-refractivity contribution in [2.45, 2.75) is 18.7 Å². The van der Waals surface area contributed by atoms with Crippen molar-refractivity contribution in [3.8, 4) is 5.75 Å². The molecule has 0 aliphatic carbocycles. The van der Waals surface area contributed by atoms with Crippen LogP contribution in [-0.4, -0.2) is 15.6 Å². The summed E-state index contributed by atoms with van der Waals surface area (Å²) in [5.74, 6) is 0.565. The first-order valence-corrected chi connectivity index (χ1v) is 10.1. The Bertz CT molecular complexity index is 1170. The van der Waals surface area contributed by atoms with Crippen molar-refractivity contribution in [3.05, 3.63) is 104 Å². The van der Waals surface area contributed by atoms with Gasteiger partial charge in [0.05, 0.1) is 21.7 Å². The summed E-state index contributed by atoms with van der Waals surface area (Å²) in [7, 11) is 0. The summed E-state index contributed by atoms with van der Waals surface area (Å²) in [6, 6.07) is 19.6. The molecule has 6 nitrogen and oxygen atoms in total. The van der Waals surface area contributed by atoms with Gasteiger partial charge in [-0.2, -0.15) is 5.10 Å². The van der Waals surface area contributed by atoms with E-state index in [1.165, 1.54) is 12.1 Å². The van der Waals surface area contributed by atoms with E-state index in [0.29, 0.717) is 22.2 Å². The molecule has 0 aromatic heterocycles. The maximum absolute atomic E-state index is 11.0. The number of nitro groups is 1. The highest BCUT2D eigenvalue weighted by Gasteiger charge is 2.42. The molecule has 8 heteroatoms. The van der Waals surface area contributed by atoms with Crippen molar-refractivity contribution in [2.75, 3.05) is 0 Å². The minimum absolute atomic E-state index is 0.0196. The smallest absolute Gasteiger partial charge is 0.269 e. The highest BCUT2D eigenvalue weighted by atomic mass is 35.5. The predicted molar refractivity (Wildman–Crippen MR) is 115 cm³/mol. The number of halogens is 2. The van der Waals surface area contributed by atoms with Crippen LogP contribution >= 0.6 is 23.2 Å². The number of non-ortho nitro benzene ring substituents is 1. The zero-order valence-corrected chi connectivity index (χ0v) is 17.0. The fourth-order valence-electron chi connectivity index (χ4n) is 3.90. The number of nitrogens with zero attached hydrogens (tertiary/aromatic N) is 3. The van der Waals surface area contributed by atoms with E-state index < -0.39 is 11.2 Å². The van der Waals surface area contributed by atoms with E-state index in [1.54, 1.807) is 18.2 Å². The van der Waals surface area contributed by atoms with Gasteiger partial charge < -0.3 is 4.74 Å². The van der Waals surface area contributed by atoms with Crippen LogP contribution in [0.3, 0.4) is 0 Å². The number of nitro benzene ring substituents is 1. The minimum Gasteiger partial charge on any atom is -0.463 e. The van der Waals surface area contributed by atoms with Crippen molar-refractivity contribution < 1.29 is 9.66 Å². The van der Waals surface area contributed by atoms with Gasteiger partial charge in [-0.1, -0.05) is 53.5 Å². The Hall–Kier alpha value is -3.09. The van der Waals surface area contributed by atoms with Crippen LogP contribution in [0.25, 0.3) is 0 Å². The van der Waals surface area contributed by atoms with Gasteiger partial charge in [0.15, 0.2) is 0 Å². The van der Waals surface area contributed by atoms with Gasteiger partial charge in [-0.05, 0) is 29.8 Å². The minimum atomic E-state index is -0.566. The van der Waals surface area contributed by atoms with Crippen LogP contribution in [0.5, 0.6) is 5.75 Å². The fraction of sp³-hybridized carbons (Fsp3) is 0.136. The van der Waals surface area contributed by atoms with Gasteiger partial charge in [0.25, 0.3) is 5.69 Å². The van der Waals surface area contributed by atoms with E-state index in [4.69, 9.17) is 33.0 Å². The molecule has 0 bridgehead atoms. The third-order valence-corrected chi connectivity index (χ3v) is 5.80. The molecule has 0 saturated heterocycles. The predicted octanol–water partition coefficient (Wildman–Crippen LogP) is 6.14. The second kappa shape index (κ2) is 7.31. The SMILES string of the molecule is O=[N+]([O-])c1ccc(C2Oc3c(Cl)cc(Cl)cc3C3CC(c4ccccc4)=NN32)cc1. The molecule has 3 aromatic rings. The molecule has 0 N–H and O–H groups in total. The molecule has 150 valence electrons. The van der Waals surface area contributed by atoms with Crippen LogP contribution in [-0.2, 0) is 0 Å². The normalized spacial score (nSPS) is 19.5. The van der Waals surface area contributed by atoms with Crippen molar-refractivity contribution in [1.82, 2.24) is 5.01 Å². The molecule has 3 aromatic carbocycles. The summed E-state index contributed by atoms with van der Waals surface area (Å²) in [4.78, 5) is 10.6. The second-order valence-electron chi connectivity index (χ2n) is 7.14. The van der Waals surface area contributed by atoms with Gasteiger partial charge >= 0.3 is 0 Å². The maximum Gasteiger partial charge on any atom is 0.269 e. The first-order chi connectivity index (χ1) is 14.5. The highest BCUT2D eigenvalue weighted by molar-refractivity contribution is 6.35. The second-order valence-corrected chi connectivity index (χ2v) is 7.98. The standard InChI is InChI=1S/C22H15Cl2N3O3/c23-15-10-17-20-12-19(13-4-2-1-3-5-13)25-26(20)22(30-21(17)18(24)11-15)14-6-8-16(9-7-14)27(28)29/h1-11,20,22H,12H2. The topological polar surface area (TPSA) is 68.0 Å². The van der Waals surface area contributed by atoms with Crippen molar-refractivity contribution in [3.63, 3.8) is 0 Å². The van der Waals surface area contributed by atoms with Gasteiger partial charge in [0.2, 0.25) is 6.23 Å². The Morgan fingerprint density at radius 1 is 1.07 bits per heavy atom. The zero-order valence-electron chi connectivity index (χ0n) is 15.5. The molecule has 0 amide bonds. The Morgan fingerprint density at radius 2 is 1.80 bits per heavy atom. The van der Waals surface area contributed by atoms with Gasteiger partial charge in [-0.25, -0.2) is 5.01 Å². The average molecular weight is 440 g/mol. The van der Waals surface area contributed by atoms with E-state index in [2.05, 4.69) is 0 Å². The van der Waals surface area contributed by atoms with Gasteiger partial charge in [-0.3, -0.25) is 10.1 Å². The molecular weight excluding hydrogens is 425 g/mol. The molecule has 0 fully saturated rings. The van der Waals surface area contributed by atoms with Crippen LogP contribution in [0.15, 0.2) is 71.8 Å². The van der Waals surface area contributed by atoms with Gasteiger partial charge in [0, 0.05) is 34.7 Å². The fourth-order valence-corrected chi connectivity index (χ4v) is 4.45. The molecule has 0 spiro atoms. The molecule has 0 saturated carbocycles. The third kappa shape index (κ3) is 3.18. The summed E-state index contributed by atoms with van der Waals surface area (Å²) in [5.41, 5.74) is 3.61. The Kier molecular flexibility index (Phi) is 4.60. The van der Waals surface area contributed by atoms with E-state index in [-0.39, 0.29) is 11.7 Å². The number of hydrogen-bond acceptors (Lipinski definition) is 5. The number of ether oxygens (including phenoxy) is 1. The molecular formula is C22H15Cl2N3O3. The molecule has 30 heavy (non-hydrogen) atoms. The summed E-state index contributed by atoms with van der Waals surface area (Å²) in [6.45, 7) is 0. The lowest BCUT2D eigenvalue weighted by molar-refractivity contribution is -0.384. The maximum atomic E-state index is 11.0. The molecule has 0 radical (unpaired) electrons. The number of rotatable bonds is 3. The Morgan fingerprint density at radius 3 is 2.50 bits per heavy atom. The molecule has 2 heterocycles. The van der Waals surface area contributed by atoms with Crippen molar-refractivity contribution >= 4 is 34.6 Å². The van der Waals surface area contributed by atoms with Crippen LogP contribution < -0.4 is 4.74 Å². The average Bonchev–Trinajstić information content (AvgIpc) is 3.20. The lowest BCUT2D eigenvalue weighted by Crippen LogP contribution is -2.33. The van der Waals surface area contributed by atoms with Crippen LogP contribution in [0, 0.1) is 10.1 Å². The molecule has 5 rings (SSSR count). The largest absolute Gasteiger partial charge is 0.463 e. The van der Waals surface area contributed by atoms with Gasteiger partial charge in [-0.15, -0.1) is 0 Å². The Balaban J connectivity index is 1.61. The lowest BCUT2D eigenvalue weighted by Gasteiger charge is -2.38. The van der Waals surface area contributed by atoms with E-state index in [9.17, 15) is 10.1 Å². The monoisotopic (exact) mass is 439 g/mol. The van der Waals surface area contributed by atoms with Crippen LogP contribution in [0.1, 0.15) is 35.4 Å². The lowest BCUT2D eigenvalue weighted by atomic mass is 9.96. The summed E-state index contributed by atoms with van der Waals surface area (Å²) in [5, 5.41) is 18.7. The van der Waals surface area contributed by atoms with E-state index >= 15 is 0 Å². The molecule has 2 aliphatic rings. The van der Waals surface area contributed by atoms with Crippen molar-refractivity contribution in [2.24, 2.45) is 5.10 Å². The first kappa shape index (κ1) is 18.9. The summed E-state index contributed by atoms with van der Waals surface area (Å²) >= 11 is 12.7. The van der Waals surface area contributed by atoms with Crippen LogP contribution in [0.2, 0.25) is 10.0 Å². The number of fused-ring (bicyclic) bond motifs is 3. The Labute approximate surface area is 182 Å². The van der Waals surface area contributed by atoms with E-state index in [1.807, 2.05) is 41.4 Å². The first-order valence-electron chi connectivity index (χ1n) is 9.32. The van der Waals surface area contributed by atoms with Crippen molar-refractivity contribution in [1.29, 1.82) is 0 Å². The number of benzene rings is 3. The quantitative estimate of drug-likeness (QED) is 0.362. The molecule has 2 aliphatic heterocycles. The number of hydrazone groups is 1. The summed E-state index contributed by atoms with van der Waals surface area (Å²) in [6.07, 6.45) is 0.101. The van der Waals surface area contributed by atoms with Crippen LogP contribution in [0.4, 0.5) is 5.69 Å². The summed E-state index contributed by atoms with van der Waals surface area (Å²) < 4.78 is 6.26. The molecule has 2 unspecified atom stereocenters. The molecule has 2 atom stereocenters. The highest BCUT2D eigenvalue weighted by Crippen LogP contribution is 2.50. The third-order valence-electron chi connectivity index (χ3n) is 5.30. The number of hydrogen-bond donors (Lipinski definition) is 0.